The van der Waals surface area contributed by atoms with E-state index in [1.165, 1.54) is 18.4 Å². The fourth-order valence-corrected chi connectivity index (χ4v) is 5.71. The van der Waals surface area contributed by atoms with E-state index >= 15 is 0 Å². The Bertz CT molecular complexity index is 1500. The van der Waals surface area contributed by atoms with Crippen LogP contribution in [0.3, 0.4) is 0 Å². The molecule has 5 rings (SSSR count). The van der Waals surface area contributed by atoms with E-state index in [0.29, 0.717) is 25.1 Å². The molecule has 208 valence electrons. The highest BCUT2D eigenvalue weighted by molar-refractivity contribution is 7.09. The smallest absolute Gasteiger partial charge is 0.266 e. The number of rotatable bonds is 9. The van der Waals surface area contributed by atoms with Crippen LogP contribution in [-0.2, 0) is 28.0 Å². The number of thiazole rings is 1. The van der Waals surface area contributed by atoms with Gasteiger partial charge in [-0.05, 0) is 43.9 Å². The minimum Gasteiger partial charge on any atom is -0.480 e. The molecule has 4 heterocycles. The van der Waals surface area contributed by atoms with Crippen LogP contribution in [0, 0.1) is 5.41 Å². The average Bonchev–Trinajstić information content (AvgIpc) is 3.73. The minimum atomic E-state index is -0.930. The number of carbonyl (C=O) groups is 1. The van der Waals surface area contributed by atoms with E-state index in [4.69, 9.17) is 25.0 Å². The lowest BCUT2D eigenvalue weighted by Gasteiger charge is -2.23. The van der Waals surface area contributed by atoms with Crippen LogP contribution < -0.4 is 5.73 Å². The molecule has 1 fully saturated rings. The molecule has 1 saturated heterocycles. The molecule has 12 heteroatoms. The van der Waals surface area contributed by atoms with Gasteiger partial charge in [0.05, 0.1) is 31.0 Å². The summed E-state index contributed by atoms with van der Waals surface area (Å²) in [5, 5.41) is 19.4. The van der Waals surface area contributed by atoms with Gasteiger partial charge in [-0.3, -0.25) is 10.2 Å². The van der Waals surface area contributed by atoms with Crippen LogP contribution in [0.25, 0.3) is 11.6 Å². The summed E-state index contributed by atoms with van der Waals surface area (Å²) in [6.45, 7) is 2.83. The zero-order chi connectivity index (χ0) is 28.3. The summed E-state index contributed by atoms with van der Waals surface area (Å²) >= 11 is 1.52. The summed E-state index contributed by atoms with van der Waals surface area (Å²) in [4.78, 5) is 24.8. The minimum absolute atomic E-state index is 0.0987. The van der Waals surface area contributed by atoms with Gasteiger partial charge in [0.2, 0.25) is 11.8 Å². The number of ether oxygens (including phenoxy) is 2. The van der Waals surface area contributed by atoms with Crippen molar-refractivity contribution in [2.75, 3.05) is 20.8 Å². The Morgan fingerprint density at radius 2 is 2.02 bits per heavy atom. The molecular weight excluding hydrogens is 530 g/mol. The van der Waals surface area contributed by atoms with Crippen LogP contribution in [0.1, 0.15) is 64.0 Å². The molecule has 2 atom stereocenters. The second-order valence-electron chi connectivity index (χ2n) is 9.92. The number of pyridine rings is 1. The molecule has 1 amide bonds. The Balaban J connectivity index is 1.45. The third kappa shape index (κ3) is 5.79. The SMILES string of the molecule is COCc1csc(C2CCCN2C(=O)c2cc(C(=N)OC)nc(-c3nnc(C(C)(N)Cc4ccccc4)o3)c2)n1. The maximum absolute atomic E-state index is 13.8. The highest BCUT2D eigenvalue weighted by Crippen LogP contribution is 2.35. The molecule has 3 aromatic heterocycles. The largest absolute Gasteiger partial charge is 0.480 e. The van der Waals surface area contributed by atoms with Gasteiger partial charge in [-0.25, -0.2) is 9.97 Å². The molecule has 2 unspecified atom stereocenters. The fraction of sp³-hybridized carbons (Fsp3) is 0.357. The van der Waals surface area contributed by atoms with Crippen LogP contribution in [0.2, 0.25) is 0 Å². The second-order valence-corrected chi connectivity index (χ2v) is 10.8. The molecule has 0 radical (unpaired) electrons. The third-order valence-electron chi connectivity index (χ3n) is 6.72. The number of carbonyl (C=O) groups excluding carboxylic acids is 1. The number of nitrogens with two attached hydrogens (primary N) is 1. The van der Waals surface area contributed by atoms with Gasteiger partial charge in [-0.1, -0.05) is 30.3 Å². The predicted molar refractivity (Wildman–Crippen MR) is 149 cm³/mol. The van der Waals surface area contributed by atoms with E-state index in [2.05, 4.69) is 20.2 Å². The highest BCUT2D eigenvalue weighted by atomic mass is 32.1. The van der Waals surface area contributed by atoms with E-state index < -0.39 is 5.54 Å². The second kappa shape index (κ2) is 11.6. The van der Waals surface area contributed by atoms with Gasteiger partial charge in [0.15, 0.2) is 0 Å². The Morgan fingerprint density at radius 3 is 2.77 bits per heavy atom. The van der Waals surface area contributed by atoms with Crippen molar-refractivity contribution in [3.05, 3.63) is 81.3 Å². The topological polar surface area (TPSA) is 153 Å². The summed E-state index contributed by atoms with van der Waals surface area (Å²) in [5.41, 5.74) is 8.28. The summed E-state index contributed by atoms with van der Waals surface area (Å²) in [7, 11) is 3.01. The van der Waals surface area contributed by atoms with E-state index in [1.807, 2.05) is 47.5 Å². The first-order valence-electron chi connectivity index (χ1n) is 12.9. The molecule has 3 N–H and O–H groups in total. The normalized spacial score (nSPS) is 16.6. The van der Waals surface area contributed by atoms with Crippen molar-refractivity contribution >= 4 is 23.1 Å². The zero-order valence-corrected chi connectivity index (χ0v) is 23.4. The maximum Gasteiger partial charge on any atom is 0.266 e. The van der Waals surface area contributed by atoms with Crippen molar-refractivity contribution in [3.8, 4) is 11.6 Å². The van der Waals surface area contributed by atoms with Crippen molar-refractivity contribution < 1.29 is 18.7 Å². The van der Waals surface area contributed by atoms with Gasteiger partial charge in [0, 0.05) is 24.6 Å². The first kappa shape index (κ1) is 27.6. The number of nitrogens with one attached hydrogen (secondary N) is 1. The van der Waals surface area contributed by atoms with Crippen molar-refractivity contribution in [2.24, 2.45) is 5.73 Å². The number of hydrogen-bond donors (Lipinski definition) is 2. The number of amides is 1. The molecule has 1 aliphatic rings. The quantitative estimate of drug-likeness (QED) is 0.227. The van der Waals surface area contributed by atoms with E-state index in [-0.39, 0.29) is 41.0 Å². The molecule has 40 heavy (non-hydrogen) atoms. The van der Waals surface area contributed by atoms with Gasteiger partial charge in [0.1, 0.15) is 16.4 Å². The molecule has 4 aromatic rings. The van der Waals surface area contributed by atoms with E-state index in [0.717, 1.165) is 29.1 Å². The third-order valence-corrected chi connectivity index (χ3v) is 7.71. The Labute approximate surface area is 235 Å². The summed E-state index contributed by atoms with van der Waals surface area (Å²) in [5.74, 6) is -0.0529. The van der Waals surface area contributed by atoms with Crippen LogP contribution in [-0.4, -0.2) is 57.6 Å². The van der Waals surface area contributed by atoms with Gasteiger partial charge >= 0.3 is 0 Å². The van der Waals surface area contributed by atoms with Crippen LogP contribution >= 0.6 is 11.3 Å². The zero-order valence-electron chi connectivity index (χ0n) is 22.6. The van der Waals surface area contributed by atoms with Gasteiger partial charge in [-0.15, -0.1) is 21.5 Å². The Kier molecular flexibility index (Phi) is 8.01. The van der Waals surface area contributed by atoms with Crippen LogP contribution in [0.5, 0.6) is 0 Å². The number of nitrogens with zero attached hydrogens (tertiary/aromatic N) is 5. The van der Waals surface area contributed by atoms with Crippen molar-refractivity contribution in [2.45, 2.75) is 44.4 Å². The number of hydrogen-bond acceptors (Lipinski definition) is 11. The average molecular weight is 562 g/mol. The lowest BCUT2D eigenvalue weighted by atomic mass is 9.94. The van der Waals surface area contributed by atoms with Gasteiger partial charge in [-0.2, -0.15) is 0 Å². The molecule has 0 aliphatic carbocycles. The van der Waals surface area contributed by atoms with Gasteiger partial charge in [0.25, 0.3) is 11.8 Å². The number of methoxy groups -OCH3 is 2. The molecule has 11 nitrogen and oxygen atoms in total. The number of benzene rings is 1. The number of aromatic nitrogens is 4. The van der Waals surface area contributed by atoms with Crippen molar-refractivity contribution in [1.29, 1.82) is 5.41 Å². The summed E-state index contributed by atoms with van der Waals surface area (Å²) < 4.78 is 16.3. The molecule has 1 aliphatic heterocycles. The maximum atomic E-state index is 13.8. The van der Waals surface area contributed by atoms with Crippen molar-refractivity contribution in [1.82, 2.24) is 25.1 Å². The molecule has 0 bridgehead atoms. The van der Waals surface area contributed by atoms with Gasteiger partial charge < -0.3 is 24.5 Å². The fourth-order valence-electron chi connectivity index (χ4n) is 4.76. The monoisotopic (exact) mass is 561 g/mol. The lowest BCUT2D eigenvalue weighted by molar-refractivity contribution is 0.0735. The Hall–Kier alpha value is -4.00. The highest BCUT2D eigenvalue weighted by Gasteiger charge is 2.34. The molecular formula is C28H31N7O4S. The van der Waals surface area contributed by atoms with Crippen LogP contribution in [0.4, 0.5) is 0 Å². The predicted octanol–water partition coefficient (Wildman–Crippen LogP) is 4.10. The Morgan fingerprint density at radius 1 is 1.23 bits per heavy atom. The van der Waals surface area contributed by atoms with Crippen molar-refractivity contribution in [3.63, 3.8) is 0 Å². The molecule has 1 aromatic carbocycles. The first-order chi connectivity index (χ1) is 19.3. The van der Waals surface area contributed by atoms with E-state index in [1.54, 1.807) is 19.2 Å². The summed E-state index contributed by atoms with van der Waals surface area (Å²) in [6, 6.07) is 12.8. The standard InChI is InChI=1S/C28H31N7O4S/c1-28(30,14-17-8-5-4-6-9-17)27-34-33-24(39-27)21-13-18(12-20(32-21)23(29)38-3)26(36)35-11-7-10-22(35)25-31-19(15-37-2)16-40-25/h4-6,8-9,12-13,16,22,29H,7,10-11,14-15,30H2,1-3H3. The molecule has 0 spiro atoms. The number of likely N-dealkylation sites (tertiary alicyclic amines) is 1. The lowest BCUT2D eigenvalue weighted by Crippen LogP contribution is -2.35. The molecule has 0 saturated carbocycles. The first-order valence-corrected chi connectivity index (χ1v) is 13.7. The van der Waals surface area contributed by atoms with E-state index in [9.17, 15) is 4.79 Å². The van der Waals surface area contributed by atoms with Crippen LogP contribution in [0.15, 0.2) is 52.3 Å². The summed E-state index contributed by atoms with van der Waals surface area (Å²) in [6.07, 6.45) is 2.16.